The molecule has 5 nitrogen and oxygen atoms in total. The van der Waals surface area contributed by atoms with Crippen LogP contribution in [-0.2, 0) is 12.8 Å². The molecule has 1 aromatic carbocycles. The van der Waals surface area contributed by atoms with Crippen molar-refractivity contribution in [3.05, 3.63) is 57.3 Å². The van der Waals surface area contributed by atoms with Gasteiger partial charge in [0, 0.05) is 4.88 Å². The second-order valence-corrected chi connectivity index (χ2v) is 7.39. The van der Waals surface area contributed by atoms with Gasteiger partial charge < -0.3 is 0 Å². The standard InChI is InChI=1S/C19H21ClN4OS/c1-4-9-14-15(5-2)26-19(21-14)22-18(25)16-12(3)23-24(17(16)20)13-10-7-6-8-11-13/h6-8,10-11H,4-5,9H2,1-3H3,(H,21,22,25). The average molecular weight is 389 g/mol. The van der Waals surface area contributed by atoms with E-state index in [-0.39, 0.29) is 5.91 Å². The van der Waals surface area contributed by atoms with Crippen molar-refractivity contribution in [3.8, 4) is 5.69 Å². The monoisotopic (exact) mass is 388 g/mol. The molecule has 0 saturated carbocycles. The van der Waals surface area contributed by atoms with E-state index in [2.05, 4.69) is 29.2 Å². The molecule has 0 spiro atoms. The maximum absolute atomic E-state index is 12.8. The third kappa shape index (κ3) is 3.66. The Morgan fingerprint density at radius 1 is 1.27 bits per heavy atom. The molecule has 136 valence electrons. The van der Waals surface area contributed by atoms with Crippen molar-refractivity contribution in [1.82, 2.24) is 14.8 Å². The van der Waals surface area contributed by atoms with Crippen molar-refractivity contribution in [2.75, 3.05) is 5.32 Å². The highest BCUT2D eigenvalue weighted by molar-refractivity contribution is 7.15. The van der Waals surface area contributed by atoms with Gasteiger partial charge in [-0.2, -0.15) is 5.10 Å². The molecule has 0 bridgehead atoms. The van der Waals surface area contributed by atoms with Gasteiger partial charge in [-0.25, -0.2) is 9.67 Å². The SMILES string of the molecule is CCCc1nc(NC(=O)c2c(C)nn(-c3ccccc3)c2Cl)sc1CC. The van der Waals surface area contributed by atoms with Crippen LogP contribution in [0.3, 0.4) is 0 Å². The first-order chi connectivity index (χ1) is 12.5. The first kappa shape index (κ1) is 18.6. The lowest BCUT2D eigenvalue weighted by atomic mass is 10.2. The van der Waals surface area contributed by atoms with Gasteiger partial charge in [0.2, 0.25) is 0 Å². The number of halogens is 1. The van der Waals surface area contributed by atoms with Crippen molar-refractivity contribution in [1.29, 1.82) is 0 Å². The molecule has 0 fully saturated rings. The number of benzene rings is 1. The molecule has 0 unspecified atom stereocenters. The van der Waals surface area contributed by atoms with Gasteiger partial charge in [0.1, 0.15) is 10.7 Å². The molecule has 26 heavy (non-hydrogen) atoms. The molecule has 0 atom stereocenters. The molecule has 3 aromatic rings. The summed E-state index contributed by atoms with van der Waals surface area (Å²) in [6, 6.07) is 9.51. The summed E-state index contributed by atoms with van der Waals surface area (Å²) in [6.07, 6.45) is 2.86. The summed E-state index contributed by atoms with van der Waals surface area (Å²) in [6.45, 7) is 6.00. The number of nitrogens with one attached hydrogen (secondary N) is 1. The molecule has 1 N–H and O–H groups in total. The van der Waals surface area contributed by atoms with Gasteiger partial charge in [0.25, 0.3) is 5.91 Å². The van der Waals surface area contributed by atoms with E-state index < -0.39 is 0 Å². The lowest BCUT2D eigenvalue weighted by Crippen LogP contribution is -2.13. The quantitative estimate of drug-likeness (QED) is 0.642. The molecular formula is C19H21ClN4OS. The number of anilines is 1. The largest absolute Gasteiger partial charge is 0.298 e. The van der Waals surface area contributed by atoms with Crippen LogP contribution in [0.2, 0.25) is 5.15 Å². The lowest BCUT2D eigenvalue weighted by Gasteiger charge is -2.03. The highest BCUT2D eigenvalue weighted by atomic mass is 35.5. The molecule has 0 aliphatic carbocycles. The summed E-state index contributed by atoms with van der Waals surface area (Å²) in [4.78, 5) is 18.6. The molecule has 0 saturated heterocycles. The number of aryl methyl sites for hydroxylation is 3. The van der Waals surface area contributed by atoms with E-state index in [0.29, 0.717) is 21.5 Å². The van der Waals surface area contributed by atoms with Crippen molar-refractivity contribution in [2.45, 2.75) is 40.0 Å². The third-order valence-corrected chi connectivity index (χ3v) is 5.54. The van der Waals surface area contributed by atoms with Crippen LogP contribution in [0.4, 0.5) is 5.13 Å². The number of carbonyl (C=O) groups excluding carboxylic acids is 1. The summed E-state index contributed by atoms with van der Waals surface area (Å²) in [5.74, 6) is -0.283. The van der Waals surface area contributed by atoms with Crippen molar-refractivity contribution in [3.63, 3.8) is 0 Å². The normalized spacial score (nSPS) is 10.9. The number of thiazole rings is 1. The Bertz CT molecular complexity index is 917. The Balaban J connectivity index is 1.88. The second-order valence-electron chi connectivity index (χ2n) is 5.95. The fraction of sp³-hybridized carbons (Fsp3) is 0.316. The number of aromatic nitrogens is 3. The van der Waals surface area contributed by atoms with Crippen LogP contribution >= 0.6 is 22.9 Å². The number of hydrogen-bond acceptors (Lipinski definition) is 4. The van der Waals surface area contributed by atoms with Gasteiger partial charge in [0.05, 0.1) is 17.1 Å². The molecule has 3 rings (SSSR count). The summed E-state index contributed by atoms with van der Waals surface area (Å²) < 4.78 is 1.58. The number of carbonyl (C=O) groups is 1. The minimum absolute atomic E-state index is 0.283. The van der Waals surface area contributed by atoms with E-state index in [1.165, 1.54) is 16.2 Å². The smallest absolute Gasteiger partial charge is 0.262 e. The Hall–Kier alpha value is -2.18. The van der Waals surface area contributed by atoms with E-state index in [1.54, 1.807) is 11.6 Å². The van der Waals surface area contributed by atoms with Crippen LogP contribution in [-0.4, -0.2) is 20.7 Å². The minimum Gasteiger partial charge on any atom is -0.298 e. The Labute approximate surface area is 162 Å². The Kier molecular flexibility index (Phi) is 5.74. The number of nitrogens with zero attached hydrogens (tertiary/aromatic N) is 3. The van der Waals surface area contributed by atoms with E-state index in [1.807, 2.05) is 30.3 Å². The van der Waals surface area contributed by atoms with Gasteiger partial charge in [-0.05, 0) is 31.9 Å². The van der Waals surface area contributed by atoms with Crippen LogP contribution in [0, 0.1) is 6.92 Å². The minimum atomic E-state index is -0.283. The molecule has 0 radical (unpaired) electrons. The summed E-state index contributed by atoms with van der Waals surface area (Å²) in [5, 5.41) is 8.22. The van der Waals surface area contributed by atoms with Crippen LogP contribution < -0.4 is 5.32 Å². The fourth-order valence-electron chi connectivity index (χ4n) is 2.80. The van der Waals surface area contributed by atoms with Gasteiger partial charge in [-0.1, -0.05) is 50.1 Å². The molecule has 7 heteroatoms. The number of hydrogen-bond donors (Lipinski definition) is 1. The molecular weight excluding hydrogens is 368 g/mol. The number of amides is 1. The molecule has 2 heterocycles. The van der Waals surface area contributed by atoms with Gasteiger partial charge >= 0.3 is 0 Å². The van der Waals surface area contributed by atoms with Gasteiger partial charge in [-0.3, -0.25) is 10.1 Å². The lowest BCUT2D eigenvalue weighted by molar-refractivity contribution is 0.102. The van der Waals surface area contributed by atoms with E-state index in [4.69, 9.17) is 11.6 Å². The van der Waals surface area contributed by atoms with Crippen LogP contribution in [0.15, 0.2) is 30.3 Å². The first-order valence-electron chi connectivity index (χ1n) is 8.65. The van der Waals surface area contributed by atoms with Crippen LogP contribution in [0.1, 0.15) is 46.9 Å². The number of rotatable bonds is 6. The Morgan fingerprint density at radius 3 is 2.65 bits per heavy atom. The second kappa shape index (κ2) is 8.01. The first-order valence-corrected chi connectivity index (χ1v) is 9.85. The highest BCUT2D eigenvalue weighted by Crippen LogP contribution is 2.28. The van der Waals surface area contributed by atoms with E-state index in [9.17, 15) is 4.79 Å². The van der Waals surface area contributed by atoms with Crippen molar-refractivity contribution < 1.29 is 4.79 Å². The maximum atomic E-state index is 12.8. The predicted octanol–water partition coefficient (Wildman–Crippen LogP) is 5.06. The molecule has 2 aromatic heterocycles. The zero-order valence-corrected chi connectivity index (χ0v) is 16.6. The van der Waals surface area contributed by atoms with Gasteiger partial charge in [-0.15, -0.1) is 11.3 Å². The van der Waals surface area contributed by atoms with Crippen LogP contribution in [0.5, 0.6) is 0 Å². The predicted molar refractivity (Wildman–Crippen MR) is 107 cm³/mol. The van der Waals surface area contributed by atoms with Crippen LogP contribution in [0.25, 0.3) is 5.69 Å². The average Bonchev–Trinajstić information content (AvgIpc) is 3.15. The van der Waals surface area contributed by atoms with Gasteiger partial charge in [0.15, 0.2) is 5.13 Å². The zero-order valence-electron chi connectivity index (χ0n) is 15.0. The van der Waals surface area contributed by atoms with Crippen molar-refractivity contribution >= 4 is 34.0 Å². The third-order valence-electron chi connectivity index (χ3n) is 4.04. The zero-order chi connectivity index (χ0) is 18.7. The maximum Gasteiger partial charge on any atom is 0.262 e. The highest BCUT2D eigenvalue weighted by Gasteiger charge is 2.22. The molecule has 0 aliphatic rings. The summed E-state index contributed by atoms with van der Waals surface area (Å²) >= 11 is 7.99. The number of para-hydroxylation sites is 1. The Morgan fingerprint density at radius 2 is 2.00 bits per heavy atom. The summed E-state index contributed by atoms with van der Waals surface area (Å²) in [5.41, 5.74) is 2.84. The fourth-order valence-corrected chi connectivity index (χ4v) is 4.10. The van der Waals surface area contributed by atoms with E-state index >= 15 is 0 Å². The molecule has 0 aliphatic heterocycles. The van der Waals surface area contributed by atoms with Crippen molar-refractivity contribution in [2.24, 2.45) is 0 Å². The molecule has 1 amide bonds. The summed E-state index contributed by atoms with van der Waals surface area (Å²) in [7, 11) is 0. The van der Waals surface area contributed by atoms with E-state index in [0.717, 1.165) is 30.6 Å². The topological polar surface area (TPSA) is 59.8 Å².